The molecule has 2 aromatic heterocycles. The molecular weight excluding hydrogens is 364 g/mol. The van der Waals surface area contributed by atoms with Crippen LogP contribution < -0.4 is 10.1 Å². The number of nitrogens with zero attached hydrogens (tertiary/aromatic N) is 3. The normalized spacial score (nSPS) is 11.9. The summed E-state index contributed by atoms with van der Waals surface area (Å²) in [6, 6.07) is 20.8. The fourth-order valence-electron chi connectivity index (χ4n) is 3.28. The predicted molar refractivity (Wildman–Crippen MR) is 112 cm³/mol. The van der Waals surface area contributed by atoms with Crippen LogP contribution in [0.5, 0.6) is 5.75 Å². The fourth-order valence-corrected chi connectivity index (χ4v) is 3.28. The quantitative estimate of drug-likeness (QED) is 0.521. The molecule has 0 saturated carbocycles. The van der Waals surface area contributed by atoms with Gasteiger partial charge in [-0.2, -0.15) is 0 Å². The van der Waals surface area contributed by atoms with Gasteiger partial charge in [-0.1, -0.05) is 30.3 Å². The van der Waals surface area contributed by atoms with Crippen molar-refractivity contribution >= 4 is 16.9 Å². The minimum absolute atomic E-state index is 0.154. The van der Waals surface area contributed by atoms with Crippen LogP contribution in [0.4, 0.5) is 0 Å². The second-order valence-electron chi connectivity index (χ2n) is 6.70. The van der Waals surface area contributed by atoms with Crippen LogP contribution in [-0.4, -0.2) is 27.0 Å². The topological polar surface area (TPSA) is 69.0 Å². The summed E-state index contributed by atoms with van der Waals surface area (Å²) < 4.78 is 7.98. The number of rotatable bonds is 7. The number of ether oxygens (including phenoxy) is 1. The van der Waals surface area contributed by atoms with Crippen LogP contribution in [0.1, 0.15) is 29.1 Å². The molecule has 0 aliphatic rings. The number of pyridine rings is 1. The Morgan fingerprint density at radius 2 is 1.76 bits per heavy atom. The molecule has 146 valence electrons. The molecule has 0 radical (unpaired) electrons. The van der Waals surface area contributed by atoms with Crippen molar-refractivity contribution in [2.75, 3.05) is 6.61 Å². The van der Waals surface area contributed by atoms with Crippen LogP contribution in [0.3, 0.4) is 0 Å². The Labute approximate surface area is 169 Å². The van der Waals surface area contributed by atoms with E-state index in [1.807, 2.05) is 61.5 Å². The molecule has 0 saturated heterocycles. The van der Waals surface area contributed by atoms with Gasteiger partial charge in [-0.15, -0.1) is 0 Å². The first kappa shape index (κ1) is 18.7. The standard InChI is InChI=1S/C23H22N4O2/c1-17(25-23(28)18-11-13-24-14-12-18)22-26-20-9-5-6-10-21(20)27(22)15-16-29-19-7-3-2-4-8-19/h2-14,17H,15-16H2,1H3,(H,25,28). The number of imidazole rings is 1. The Balaban J connectivity index is 1.54. The molecule has 2 heterocycles. The van der Waals surface area contributed by atoms with E-state index >= 15 is 0 Å². The minimum Gasteiger partial charge on any atom is -0.492 e. The molecule has 1 atom stereocenters. The van der Waals surface area contributed by atoms with Gasteiger partial charge in [0.15, 0.2) is 0 Å². The maximum atomic E-state index is 12.6. The minimum atomic E-state index is -0.264. The number of amides is 1. The van der Waals surface area contributed by atoms with Crippen LogP contribution in [0, 0.1) is 0 Å². The molecule has 6 nitrogen and oxygen atoms in total. The van der Waals surface area contributed by atoms with Gasteiger partial charge in [0.1, 0.15) is 18.2 Å². The van der Waals surface area contributed by atoms with E-state index in [-0.39, 0.29) is 11.9 Å². The first-order valence-corrected chi connectivity index (χ1v) is 9.56. The van der Waals surface area contributed by atoms with Crippen molar-refractivity contribution in [1.29, 1.82) is 0 Å². The zero-order chi connectivity index (χ0) is 20.1. The van der Waals surface area contributed by atoms with Crippen molar-refractivity contribution in [2.24, 2.45) is 0 Å². The van der Waals surface area contributed by atoms with Crippen molar-refractivity contribution in [1.82, 2.24) is 19.9 Å². The Morgan fingerprint density at radius 1 is 1.03 bits per heavy atom. The number of carbonyl (C=O) groups excluding carboxylic acids is 1. The lowest BCUT2D eigenvalue weighted by Gasteiger charge is -2.17. The Bertz CT molecular complexity index is 1090. The fraction of sp³-hybridized carbons (Fsp3) is 0.174. The van der Waals surface area contributed by atoms with Gasteiger partial charge in [0.05, 0.1) is 23.6 Å². The first-order valence-electron chi connectivity index (χ1n) is 9.56. The number of benzene rings is 2. The van der Waals surface area contributed by atoms with E-state index in [0.29, 0.717) is 18.7 Å². The van der Waals surface area contributed by atoms with Crippen LogP contribution >= 0.6 is 0 Å². The second kappa shape index (κ2) is 8.56. The van der Waals surface area contributed by atoms with Gasteiger partial charge in [0.25, 0.3) is 5.91 Å². The number of hydrogen-bond acceptors (Lipinski definition) is 4. The molecule has 2 aromatic carbocycles. The average Bonchev–Trinajstić information content (AvgIpc) is 3.14. The molecule has 4 rings (SSSR count). The molecule has 4 aromatic rings. The number of hydrogen-bond donors (Lipinski definition) is 1. The summed E-state index contributed by atoms with van der Waals surface area (Å²) in [5.41, 5.74) is 2.48. The van der Waals surface area contributed by atoms with Crippen molar-refractivity contribution in [2.45, 2.75) is 19.5 Å². The molecule has 0 aliphatic heterocycles. The number of aromatic nitrogens is 3. The van der Waals surface area contributed by atoms with Gasteiger partial charge in [-0.05, 0) is 43.3 Å². The van der Waals surface area contributed by atoms with Gasteiger partial charge in [0.2, 0.25) is 0 Å². The van der Waals surface area contributed by atoms with E-state index in [0.717, 1.165) is 22.6 Å². The third kappa shape index (κ3) is 4.27. The van der Waals surface area contributed by atoms with E-state index in [2.05, 4.69) is 14.9 Å². The van der Waals surface area contributed by atoms with E-state index < -0.39 is 0 Å². The smallest absolute Gasteiger partial charge is 0.251 e. The molecule has 1 unspecified atom stereocenters. The van der Waals surface area contributed by atoms with Gasteiger partial charge in [-0.3, -0.25) is 9.78 Å². The van der Waals surface area contributed by atoms with Crippen molar-refractivity contribution in [3.05, 3.63) is 90.5 Å². The van der Waals surface area contributed by atoms with Crippen molar-refractivity contribution < 1.29 is 9.53 Å². The highest BCUT2D eigenvalue weighted by atomic mass is 16.5. The highest BCUT2D eigenvalue weighted by Crippen LogP contribution is 2.21. The van der Waals surface area contributed by atoms with Gasteiger partial charge in [-0.25, -0.2) is 4.98 Å². The predicted octanol–water partition coefficient (Wildman–Crippen LogP) is 4.00. The summed E-state index contributed by atoms with van der Waals surface area (Å²) in [5, 5.41) is 3.03. The summed E-state index contributed by atoms with van der Waals surface area (Å²) in [6.45, 7) is 3.07. The molecule has 0 spiro atoms. The van der Waals surface area contributed by atoms with E-state index in [4.69, 9.17) is 9.72 Å². The molecule has 1 amide bonds. The molecule has 6 heteroatoms. The van der Waals surface area contributed by atoms with E-state index in [1.54, 1.807) is 24.5 Å². The number of carbonyl (C=O) groups is 1. The number of fused-ring (bicyclic) bond motifs is 1. The van der Waals surface area contributed by atoms with Crippen LogP contribution in [0.25, 0.3) is 11.0 Å². The van der Waals surface area contributed by atoms with Crippen LogP contribution in [0.15, 0.2) is 79.1 Å². The monoisotopic (exact) mass is 386 g/mol. The summed E-state index contributed by atoms with van der Waals surface area (Å²) in [6.07, 6.45) is 3.21. The van der Waals surface area contributed by atoms with Crippen LogP contribution in [0.2, 0.25) is 0 Å². The Morgan fingerprint density at radius 3 is 2.55 bits per heavy atom. The maximum absolute atomic E-state index is 12.6. The zero-order valence-corrected chi connectivity index (χ0v) is 16.2. The molecule has 0 fully saturated rings. The molecule has 1 N–H and O–H groups in total. The highest BCUT2D eigenvalue weighted by molar-refractivity contribution is 5.94. The zero-order valence-electron chi connectivity index (χ0n) is 16.2. The number of nitrogens with one attached hydrogen (secondary N) is 1. The Hall–Kier alpha value is -3.67. The van der Waals surface area contributed by atoms with Gasteiger partial charge < -0.3 is 14.6 Å². The lowest BCUT2D eigenvalue weighted by atomic mass is 10.2. The van der Waals surface area contributed by atoms with Crippen molar-refractivity contribution in [3.8, 4) is 5.75 Å². The lowest BCUT2D eigenvalue weighted by molar-refractivity contribution is 0.0937. The summed E-state index contributed by atoms with van der Waals surface area (Å²) in [7, 11) is 0. The third-order valence-electron chi connectivity index (χ3n) is 4.69. The largest absolute Gasteiger partial charge is 0.492 e. The summed E-state index contributed by atoms with van der Waals surface area (Å²) >= 11 is 0. The number of para-hydroxylation sites is 3. The molecule has 0 bridgehead atoms. The third-order valence-corrected chi connectivity index (χ3v) is 4.69. The Kier molecular flexibility index (Phi) is 5.52. The molecule has 0 aliphatic carbocycles. The van der Waals surface area contributed by atoms with Crippen molar-refractivity contribution in [3.63, 3.8) is 0 Å². The average molecular weight is 386 g/mol. The summed E-state index contributed by atoms with van der Waals surface area (Å²) in [5.74, 6) is 1.47. The maximum Gasteiger partial charge on any atom is 0.251 e. The SMILES string of the molecule is CC(NC(=O)c1ccncc1)c1nc2ccccc2n1CCOc1ccccc1. The lowest BCUT2D eigenvalue weighted by Crippen LogP contribution is -2.29. The van der Waals surface area contributed by atoms with Crippen LogP contribution in [-0.2, 0) is 6.54 Å². The van der Waals surface area contributed by atoms with Gasteiger partial charge >= 0.3 is 0 Å². The van der Waals surface area contributed by atoms with Gasteiger partial charge in [0, 0.05) is 18.0 Å². The molecule has 29 heavy (non-hydrogen) atoms. The highest BCUT2D eigenvalue weighted by Gasteiger charge is 2.19. The van der Waals surface area contributed by atoms with E-state index in [1.165, 1.54) is 0 Å². The summed E-state index contributed by atoms with van der Waals surface area (Å²) in [4.78, 5) is 21.3. The second-order valence-corrected chi connectivity index (χ2v) is 6.70. The molecular formula is C23H22N4O2. The first-order chi connectivity index (χ1) is 14.2. The van der Waals surface area contributed by atoms with E-state index in [9.17, 15) is 4.79 Å².